The molecule has 15 heavy (non-hydrogen) atoms. The number of rotatable bonds is 1. The molecule has 3 rings (SSSR count). The monoisotopic (exact) mass is 237 g/mol. The van der Waals surface area contributed by atoms with Gasteiger partial charge >= 0.3 is 0 Å². The molecule has 3 aromatic rings. The van der Waals surface area contributed by atoms with Crippen LogP contribution in [0.25, 0.3) is 16.3 Å². The molecule has 0 aliphatic carbocycles. The Morgan fingerprint density at radius 3 is 2.67 bits per heavy atom. The first-order valence-electron chi connectivity index (χ1n) is 4.29. The summed E-state index contributed by atoms with van der Waals surface area (Å²) in [6.07, 6.45) is 3.67. The van der Waals surface area contributed by atoms with Gasteiger partial charge in [0.15, 0.2) is 0 Å². The van der Waals surface area contributed by atoms with Gasteiger partial charge in [-0.1, -0.05) is 30.3 Å². The molecule has 5 heteroatoms. The van der Waals surface area contributed by atoms with Gasteiger partial charge in [-0.3, -0.25) is 0 Å². The predicted octanol–water partition coefficient (Wildman–Crippen LogP) is 2.88. The van der Waals surface area contributed by atoms with Crippen LogP contribution in [0.5, 0.6) is 0 Å². The molecule has 0 N–H and O–H groups in total. The van der Waals surface area contributed by atoms with E-state index in [0.717, 1.165) is 16.3 Å². The quantitative estimate of drug-likeness (QED) is 0.652. The van der Waals surface area contributed by atoms with Crippen molar-refractivity contribution in [2.75, 3.05) is 0 Å². The van der Waals surface area contributed by atoms with Gasteiger partial charge in [0, 0.05) is 18.0 Å². The lowest BCUT2D eigenvalue weighted by atomic mass is 10.2. The van der Waals surface area contributed by atoms with E-state index in [1.165, 1.54) is 0 Å². The molecule has 0 spiro atoms. The van der Waals surface area contributed by atoms with Crippen LogP contribution in [0.3, 0.4) is 0 Å². The Labute approximate surface area is 97.0 Å². The second-order valence-electron chi connectivity index (χ2n) is 2.93. The molecule has 0 unspecified atom stereocenters. The molecule has 2 aromatic heterocycles. The minimum atomic E-state index is 0. The van der Waals surface area contributed by atoms with Crippen LogP contribution in [-0.2, 0) is 0 Å². The topological polar surface area (TPSA) is 30.2 Å². The summed E-state index contributed by atoms with van der Waals surface area (Å²) in [5.74, 6) is 0.772. The molecule has 0 atom stereocenters. The molecule has 0 radical (unpaired) electrons. The Kier molecular flexibility index (Phi) is 2.70. The zero-order chi connectivity index (χ0) is 9.38. The SMILES string of the molecule is Cl.c1ccc(-c2nc3nccn3s2)cc1. The maximum Gasteiger partial charge on any atom is 0.244 e. The van der Waals surface area contributed by atoms with Gasteiger partial charge < -0.3 is 0 Å². The number of nitrogens with zero attached hydrogens (tertiary/aromatic N) is 3. The third-order valence-electron chi connectivity index (χ3n) is 2.00. The highest BCUT2D eigenvalue weighted by molar-refractivity contribution is 7.10. The number of hydrogen-bond donors (Lipinski definition) is 0. The molecule has 0 bridgehead atoms. The van der Waals surface area contributed by atoms with Gasteiger partial charge in [-0.25, -0.2) is 8.77 Å². The van der Waals surface area contributed by atoms with Crippen LogP contribution in [0.2, 0.25) is 0 Å². The lowest BCUT2D eigenvalue weighted by Gasteiger charge is -1.91. The largest absolute Gasteiger partial charge is 0.244 e. The van der Waals surface area contributed by atoms with E-state index in [-0.39, 0.29) is 12.4 Å². The van der Waals surface area contributed by atoms with Crippen LogP contribution in [0.1, 0.15) is 0 Å². The first kappa shape index (κ1) is 10.1. The fraction of sp³-hybridized carbons (Fsp3) is 0. The van der Waals surface area contributed by atoms with E-state index in [0.29, 0.717) is 0 Å². The second-order valence-corrected chi connectivity index (χ2v) is 3.89. The molecule has 3 nitrogen and oxygen atoms in total. The molecule has 1 aromatic carbocycles. The van der Waals surface area contributed by atoms with Crippen molar-refractivity contribution in [3.8, 4) is 10.6 Å². The van der Waals surface area contributed by atoms with E-state index in [9.17, 15) is 0 Å². The number of halogens is 1. The average Bonchev–Trinajstić information content (AvgIpc) is 2.78. The molecular formula is C10H8ClN3S. The molecule has 76 valence electrons. The lowest BCUT2D eigenvalue weighted by molar-refractivity contribution is 1.27. The van der Waals surface area contributed by atoms with Crippen LogP contribution in [0.15, 0.2) is 42.7 Å². The Hall–Kier alpha value is -1.39. The Morgan fingerprint density at radius 1 is 1.13 bits per heavy atom. The summed E-state index contributed by atoms with van der Waals surface area (Å²) < 4.78 is 1.96. The number of hydrogen-bond acceptors (Lipinski definition) is 3. The maximum absolute atomic E-state index is 4.41. The maximum atomic E-state index is 4.41. The van der Waals surface area contributed by atoms with Gasteiger partial charge in [-0.15, -0.1) is 12.4 Å². The van der Waals surface area contributed by atoms with Crippen LogP contribution in [-0.4, -0.2) is 13.8 Å². The first-order valence-corrected chi connectivity index (χ1v) is 5.06. The standard InChI is InChI=1S/C10H7N3S.ClH/c1-2-4-8(5-3-1)9-12-10-11-6-7-13(10)14-9;/h1-7H;1H. The van der Waals surface area contributed by atoms with Gasteiger partial charge in [0.05, 0.1) is 0 Å². The van der Waals surface area contributed by atoms with Crippen molar-refractivity contribution in [2.45, 2.75) is 0 Å². The third kappa shape index (κ3) is 1.73. The zero-order valence-corrected chi connectivity index (χ0v) is 9.33. The van der Waals surface area contributed by atoms with Gasteiger partial charge in [-0.05, 0) is 11.5 Å². The van der Waals surface area contributed by atoms with E-state index >= 15 is 0 Å². The van der Waals surface area contributed by atoms with Crippen molar-refractivity contribution in [3.05, 3.63) is 42.7 Å². The Balaban J connectivity index is 0.000000853. The van der Waals surface area contributed by atoms with Crippen LogP contribution in [0.4, 0.5) is 0 Å². The smallest absolute Gasteiger partial charge is 0.237 e. The number of aromatic nitrogens is 3. The normalized spacial score (nSPS) is 10.1. The Morgan fingerprint density at radius 2 is 1.93 bits per heavy atom. The highest BCUT2D eigenvalue weighted by Crippen LogP contribution is 2.22. The summed E-state index contributed by atoms with van der Waals surface area (Å²) in [4.78, 5) is 8.54. The van der Waals surface area contributed by atoms with Crippen LogP contribution in [0, 0.1) is 0 Å². The van der Waals surface area contributed by atoms with Gasteiger partial charge in [-0.2, -0.15) is 4.98 Å². The van der Waals surface area contributed by atoms with Crippen LogP contribution < -0.4 is 0 Å². The van der Waals surface area contributed by atoms with Crippen molar-refractivity contribution in [2.24, 2.45) is 0 Å². The first-order chi connectivity index (χ1) is 6.93. The average molecular weight is 238 g/mol. The van der Waals surface area contributed by atoms with Crippen molar-refractivity contribution < 1.29 is 0 Å². The summed E-state index contributed by atoms with van der Waals surface area (Å²) in [5, 5.41) is 1.01. The highest BCUT2D eigenvalue weighted by atomic mass is 35.5. The molecular weight excluding hydrogens is 230 g/mol. The van der Waals surface area contributed by atoms with Gasteiger partial charge in [0.25, 0.3) is 0 Å². The van der Waals surface area contributed by atoms with E-state index < -0.39 is 0 Å². The molecule has 0 aliphatic rings. The van der Waals surface area contributed by atoms with E-state index in [1.807, 2.05) is 28.2 Å². The van der Waals surface area contributed by atoms with Gasteiger partial charge in [0.1, 0.15) is 5.01 Å². The zero-order valence-electron chi connectivity index (χ0n) is 7.70. The van der Waals surface area contributed by atoms with Crippen molar-refractivity contribution in [1.82, 2.24) is 13.8 Å². The fourth-order valence-corrected chi connectivity index (χ4v) is 2.17. The molecule has 0 saturated heterocycles. The van der Waals surface area contributed by atoms with Crippen molar-refractivity contribution >= 4 is 29.7 Å². The predicted molar refractivity (Wildman–Crippen MR) is 63.5 cm³/mol. The summed E-state index contributed by atoms with van der Waals surface area (Å²) in [7, 11) is 0. The summed E-state index contributed by atoms with van der Waals surface area (Å²) in [6, 6.07) is 10.1. The number of benzene rings is 1. The van der Waals surface area contributed by atoms with E-state index in [1.54, 1.807) is 17.7 Å². The summed E-state index contributed by atoms with van der Waals surface area (Å²) in [6.45, 7) is 0. The van der Waals surface area contributed by atoms with Gasteiger partial charge in [0.2, 0.25) is 5.78 Å². The van der Waals surface area contributed by atoms with Crippen molar-refractivity contribution in [3.63, 3.8) is 0 Å². The van der Waals surface area contributed by atoms with Crippen molar-refractivity contribution in [1.29, 1.82) is 0 Å². The van der Waals surface area contributed by atoms with E-state index in [2.05, 4.69) is 22.1 Å². The fourth-order valence-electron chi connectivity index (χ4n) is 1.34. The highest BCUT2D eigenvalue weighted by Gasteiger charge is 2.05. The molecule has 0 saturated carbocycles. The molecule has 0 fully saturated rings. The van der Waals surface area contributed by atoms with Crippen LogP contribution >= 0.6 is 23.9 Å². The summed E-state index contributed by atoms with van der Waals surface area (Å²) in [5.41, 5.74) is 1.14. The number of fused-ring (bicyclic) bond motifs is 1. The second kappa shape index (κ2) is 4.00. The lowest BCUT2D eigenvalue weighted by Crippen LogP contribution is -1.74. The summed E-state index contributed by atoms with van der Waals surface area (Å²) >= 11 is 1.60. The minimum Gasteiger partial charge on any atom is -0.237 e. The molecule has 0 aliphatic heterocycles. The Bertz CT molecular complexity index is 530. The third-order valence-corrected chi connectivity index (χ3v) is 2.98. The van der Waals surface area contributed by atoms with E-state index in [4.69, 9.17) is 0 Å². The minimum absolute atomic E-state index is 0. The molecule has 0 amide bonds. The molecule has 2 heterocycles. The number of imidazole rings is 1.